The Morgan fingerprint density at radius 2 is 2.00 bits per heavy atom. The van der Waals surface area contributed by atoms with Gasteiger partial charge in [-0.1, -0.05) is 22.9 Å². The van der Waals surface area contributed by atoms with E-state index < -0.39 is 0 Å². The monoisotopic (exact) mass is 311 g/mol. The molecule has 0 aromatic heterocycles. The summed E-state index contributed by atoms with van der Waals surface area (Å²) < 4.78 is 7.29. The molecule has 0 spiro atoms. The molecule has 1 fully saturated rings. The Balaban J connectivity index is 2.03. The summed E-state index contributed by atoms with van der Waals surface area (Å²) in [6.45, 7) is 3.18. The molecular formula is C15H22BrNO. The first-order valence-electron chi connectivity index (χ1n) is 6.78. The fraction of sp³-hybridized carbons (Fsp3) is 0.600. The topological polar surface area (TPSA) is 21.3 Å². The molecular weight excluding hydrogens is 290 g/mol. The Morgan fingerprint density at radius 1 is 1.28 bits per heavy atom. The lowest BCUT2D eigenvalue weighted by molar-refractivity contribution is 0.134. The van der Waals surface area contributed by atoms with Crippen LogP contribution in [0.3, 0.4) is 0 Å². The van der Waals surface area contributed by atoms with Crippen molar-refractivity contribution in [1.29, 1.82) is 0 Å². The van der Waals surface area contributed by atoms with E-state index in [-0.39, 0.29) is 0 Å². The van der Waals surface area contributed by atoms with Crippen LogP contribution >= 0.6 is 15.9 Å². The number of hydrogen-bond acceptors (Lipinski definition) is 2. The van der Waals surface area contributed by atoms with Crippen LogP contribution in [0.4, 0.5) is 0 Å². The molecule has 18 heavy (non-hydrogen) atoms. The third-order valence-electron chi connectivity index (χ3n) is 3.65. The van der Waals surface area contributed by atoms with E-state index in [9.17, 15) is 0 Å². The second kappa shape index (κ2) is 6.58. The van der Waals surface area contributed by atoms with Gasteiger partial charge >= 0.3 is 0 Å². The highest BCUT2D eigenvalue weighted by Gasteiger charge is 2.20. The third kappa shape index (κ3) is 3.72. The number of nitrogens with one attached hydrogen (secondary N) is 1. The van der Waals surface area contributed by atoms with Crippen LogP contribution in [0.25, 0.3) is 0 Å². The summed E-state index contributed by atoms with van der Waals surface area (Å²) in [5.41, 5.74) is 1.23. The molecule has 100 valence electrons. The van der Waals surface area contributed by atoms with Crippen LogP contribution in [0, 0.1) is 5.92 Å². The lowest BCUT2D eigenvalue weighted by Crippen LogP contribution is -2.23. The van der Waals surface area contributed by atoms with Gasteiger partial charge in [0.15, 0.2) is 0 Å². The number of halogens is 1. The van der Waals surface area contributed by atoms with Crippen LogP contribution < -0.4 is 10.1 Å². The Hall–Kier alpha value is -0.540. The molecule has 0 bridgehead atoms. The maximum Gasteiger partial charge on any atom is 0.124 e. The maximum absolute atomic E-state index is 6.18. The fourth-order valence-corrected chi connectivity index (χ4v) is 2.93. The first-order chi connectivity index (χ1) is 8.69. The molecule has 3 heteroatoms. The van der Waals surface area contributed by atoms with Crippen molar-refractivity contribution in [2.45, 2.75) is 45.3 Å². The molecule has 0 saturated heterocycles. The van der Waals surface area contributed by atoms with Crippen LogP contribution in [-0.4, -0.2) is 13.2 Å². The zero-order valence-corrected chi connectivity index (χ0v) is 12.8. The summed E-state index contributed by atoms with van der Waals surface area (Å²) in [5, 5.41) is 3.20. The lowest BCUT2D eigenvalue weighted by Gasteiger charge is -2.27. The molecule has 0 aliphatic heterocycles. The van der Waals surface area contributed by atoms with Crippen molar-refractivity contribution in [1.82, 2.24) is 5.32 Å². The molecule has 1 N–H and O–H groups in total. The van der Waals surface area contributed by atoms with Crippen molar-refractivity contribution in [3.63, 3.8) is 0 Å². The van der Waals surface area contributed by atoms with Gasteiger partial charge in [0, 0.05) is 16.6 Å². The average Bonchev–Trinajstić information content (AvgIpc) is 2.36. The van der Waals surface area contributed by atoms with Gasteiger partial charge in [0.05, 0.1) is 6.10 Å². The summed E-state index contributed by atoms with van der Waals surface area (Å²) in [6, 6.07) is 6.27. The van der Waals surface area contributed by atoms with Gasteiger partial charge in [-0.25, -0.2) is 0 Å². The molecule has 1 aliphatic rings. The van der Waals surface area contributed by atoms with Crippen LogP contribution in [0.15, 0.2) is 22.7 Å². The molecule has 1 saturated carbocycles. The van der Waals surface area contributed by atoms with E-state index in [1.54, 1.807) is 0 Å². The lowest BCUT2D eigenvalue weighted by atomic mass is 9.89. The van der Waals surface area contributed by atoms with E-state index in [2.05, 4.69) is 46.4 Å². The summed E-state index contributed by atoms with van der Waals surface area (Å²) in [5.74, 6) is 1.90. The molecule has 0 unspecified atom stereocenters. The Morgan fingerprint density at radius 3 is 2.67 bits per heavy atom. The Labute approximate surface area is 118 Å². The average molecular weight is 312 g/mol. The van der Waals surface area contributed by atoms with Gasteiger partial charge in [-0.3, -0.25) is 0 Å². The Bertz CT molecular complexity index is 386. The second-order valence-electron chi connectivity index (χ2n) is 5.28. The van der Waals surface area contributed by atoms with Crippen LogP contribution in [-0.2, 0) is 6.54 Å². The largest absolute Gasteiger partial charge is 0.490 e. The van der Waals surface area contributed by atoms with E-state index in [1.807, 2.05) is 7.05 Å². The summed E-state index contributed by atoms with van der Waals surface area (Å²) in [4.78, 5) is 0. The zero-order valence-electron chi connectivity index (χ0n) is 11.2. The number of rotatable bonds is 4. The van der Waals surface area contributed by atoms with Crippen LogP contribution in [0.1, 0.15) is 38.2 Å². The number of benzene rings is 1. The molecule has 0 atom stereocenters. The molecule has 0 radical (unpaired) electrons. The number of ether oxygens (including phenoxy) is 1. The van der Waals surface area contributed by atoms with Gasteiger partial charge in [0.1, 0.15) is 5.75 Å². The van der Waals surface area contributed by atoms with Gasteiger partial charge in [-0.05, 0) is 56.8 Å². The summed E-state index contributed by atoms with van der Waals surface area (Å²) >= 11 is 3.52. The van der Waals surface area contributed by atoms with Gasteiger partial charge in [0.2, 0.25) is 0 Å². The van der Waals surface area contributed by atoms with Crippen LogP contribution in [0.2, 0.25) is 0 Å². The third-order valence-corrected chi connectivity index (χ3v) is 4.14. The molecule has 1 aliphatic carbocycles. The highest BCUT2D eigenvalue weighted by atomic mass is 79.9. The van der Waals surface area contributed by atoms with Crippen molar-refractivity contribution < 1.29 is 4.74 Å². The first-order valence-corrected chi connectivity index (χ1v) is 7.58. The van der Waals surface area contributed by atoms with E-state index in [1.165, 1.54) is 31.2 Å². The summed E-state index contributed by atoms with van der Waals surface area (Å²) in [7, 11) is 1.97. The molecule has 1 aromatic rings. The molecule has 2 rings (SSSR count). The van der Waals surface area contributed by atoms with E-state index in [0.29, 0.717) is 6.10 Å². The van der Waals surface area contributed by atoms with Crippen molar-refractivity contribution >= 4 is 15.9 Å². The molecule has 0 amide bonds. The van der Waals surface area contributed by atoms with Crippen molar-refractivity contribution in [3.05, 3.63) is 28.2 Å². The predicted octanol–water partition coefficient (Wildman–Crippen LogP) is 4.13. The quantitative estimate of drug-likeness (QED) is 0.903. The van der Waals surface area contributed by atoms with Crippen LogP contribution in [0.5, 0.6) is 5.75 Å². The minimum absolute atomic E-state index is 0.401. The van der Waals surface area contributed by atoms with E-state index in [4.69, 9.17) is 4.74 Å². The Kier molecular flexibility index (Phi) is 5.07. The highest BCUT2D eigenvalue weighted by Crippen LogP contribution is 2.30. The van der Waals surface area contributed by atoms with Gasteiger partial charge in [-0.2, -0.15) is 0 Å². The first kappa shape index (κ1) is 13.9. The van der Waals surface area contributed by atoms with Crippen molar-refractivity contribution in [2.75, 3.05) is 7.05 Å². The smallest absolute Gasteiger partial charge is 0.124 e. The number of hydrogen-bond donors (Lipinski definition) is 1. The van der Waals surface area contributed by atoms with Crippen molar-refractivity contribution in [2.24, 2.45) is 5.92 Å². The highest BCUT2D eigenvalue weighted by molar-refractivity contribution is 9.10. The normalized spacial score (nSPS) is 23.9. The maximum atomic E-state index is 6.18. The minimum atomic E-state index is 0.401. The van der Waals surface area contributed by atoms with E-state index in [0.717, 1.165) is 22.7 Å². The molecule has 0 heterocycles. The second-order valence-corrected chi connectivity index (χ2v) is 6.20. The zero-order chi connectivity index (χ0) is 13.0. The molecule has 2 nitrogen and oxygen atoms in total. The summed E-state index contributed by atoms with van der Waals surface area (Å²) in [6.07, 6.45) is 5.37. The predicted molar refractivity (Wildman–Crippen MR) is 79.0 cm³/mol. The minimum Gasteiger partial charge on any atom is -0.490 e. The van der Waals surface area contributed by atoms with E-state index >= 15 is 0 Å². The fourth-order valence-electron chi connectivity index (χ4n) is 2.52. The van der Waals surface area contributed by atoms with Gasteiger partial charge in [0.25, 0.3) is 0 Å². The van der Waals surface area contributed by atoms with Gasteiger partial charge in [-0.15, -0.1) is 0 Å². The standard InChI is InChI=1S/C15H22BrNO/c1-11-3-6-14(7-4-11)18-15-8-5-13(16)9-12(15)10-17-2/h5,8-9,11,14,17H,3-4,6-7,10H2,1-2H3. The van der Waals surface area contributed by atoms with Gasteiger partial charge < -0.3 is 10.1 Å². The van der Waals surface area contributed by atoms with Crippen molar-refractivity contribution in [3.8, 4) is 5.75 Å². The molecule has 1 aromatic carbocycles. The SMILES string of the molecule is CNCc1cc(Br)ccc1OC1CCC(C)CC1.